The van der Waals surface area contributed by atoms with Gasteiger partial charge in [0.05, 0.1) is 5.69 Å². The summed E-state index contributed by atoms with van der Waals surface area (Å²) in [5.74, 6) is 0. The lowest BCUT2D eigenvalue weighted by atomic mass is 10.3. The first-order valence-corrected chi connectivity index (χ1v) is 10.4. The van der Waals surface area contributed by atoms with Gasteiger partial charge in [-0.3, -0.25) is 4.68 Å². The lowest BCUT2D eigenvalue weighted by molar-refractivity contribution is 0.312. The molecule has 0 atom stereocenters. The van der Waals surface area contributed by atoms with E-state index >= 15 is 0 Å². The van der Waals surface area contributed by atoms with Gasteiger partial charge in [-0.15, -0.1) is 0 Å². The van der Waals surface area contributed by atoms with E-state index in [2.05, 4.69) is 15.0 Å². The normalized spacial score (nSPS) is 16.3. The maximum Gasteiger partial charge on any atom is 0.244 e. The third-order valence-electron chi connectivity index (χ3n) is 4.91. The molecule has 138 valence electrons. The van der Waals surface area contributed by atoms with Crippen molar-refractivity contribution in [3.63, 3.8) is 0 Å². The van der Waals surface area contributed by atoms with Crippen molar-refractivity contribution < 1.29 is 8.42 Å². The van der Waals surface area contributed by atoms with Gasteiger partial charge in [-0.25, -0.2) is 13.4 Å². The largest absolute Gasteiger partial charge is 0.303 e. The standard InChI is InChI=1S/C17H27N5O2S/c1-4-22(11-7-10-21-8-5-6-9-21)25(23,24)15-12-16-14(2)19-20(3)17(16)18-13-15/h12-13H,4-11H2,1-3H3. The van der Waals surface area contributed by atoms with Crippen molar-refractivity contribution >= 4 is 21.1 Å². The van der Waals surface area contributed by atoms with Crippen LogP contribution in [0.1, 0.15) is 31.9 Å². The number of pyridine rings is 1. The summed E-state index contributed by atoms with van der Waals surface area (Å²) in [4.78, 5) is 6.97. The lowest BCUT2D eigenvalue weighted by Crippen LogP contribution is -2.34. The molecule has 0 N–H and O–H groups in total. The summed E-state index contributed by atoms with van der Waals surface area (Å²) in [6.07, 6.45) is 4.81. The fraction of sp³-hybridized carbons (Fsp3) is 0.647. The molecule has 2 aromatic rings. The molecule has 2 aromatic heterocycles. The van der Waals surface area contributed by atoms with E-state index in [-0.39, 0.29) is 4.90 Å². The number of rotatable bonds is 7. The summed E-state index contributed by atoms with van der Waals surface area (Å²) in [7, 11) is -1.72. The first-order chi connectivity index (χ1) is 11.9. The van der Waals surface area contributed by atoms with E-state index in [1.807, 2.05) is 20.9 Å². The molecular weight excluding hydrogens is 338 g/mol. The molecule has 0 unspecified atom stereocenters. The van der Waals surface area contributed by atoms with E-state index in [9.17, 15) is 8.42 Å². The van der Waals surface area contributed by atoms with Crippen LogP contribution in [0.4, 0.5) is 0 Å². The summed E-state index contributed by atoms with van der Waals surface area (Å²) in [5.41, 5.74) is 1.49. The summed E-state index contributed by atoms with van der Waals surface area (Å²) < 4.78 is 29.2. The fourth-order valence-corrected chi connectivity index (χ4v) is 4.96. The van der Waals surface area contributed by atoms with Crippen LogP contribution in [-0.4, -0.2) is 65.1 Å². The van der Waals surface area contributed by atoms with Gasteiger partial charge in [-0.1, -0.05) is 6.92 Å². The van der Waals surface area contributed by atoms with Gasteiger partial charge < -0.3 is 4.90 Å². The van der Waals surface area contributed by atoms with Crippen molar-refractivity contribution in [3.8, 4) is 0 Å². The Morgan fingerprint density at radius 2 is 2.00 bits per heavy atom. The third kappa shape index (κ3) is 3.70. The van der Waals surface area contributed by atoms with Crippen LogP contribution in [0.15, 0.2) is 17.2 Å². The number of aromatic nitrogens is 3. The van der Waals surface area contributed by atoms with Crippen molar-refractivity contribution in [1.29, 1.82) is 0 Å². The average molecular weight is 366 g/mol. The smallest absolute Gasteiger partial charge is 0.244 e. The van der Waals surface area contributed by atoms with Crippen molar-refractivity contribution in [2.75, 3.05) is 32.7 Å². The molecule has 0 aliphatic carbocycles. The van der Waals surface area contributed by atoms with E-state index < -0.39 is 10.0 Å². The van der Waals surface area contributed by atoms with Gasteiger partial charge in [0, 0.05) is 31.7 Å². The van der Waals surface area contributed by atoms with Crippen LogP contribution in [0.3, 0.4) is 0 Å². The molecule has 25 heavy (non-hydrogen) atoms. The minimum Gasteiger partial charge on any atom is -0.303 e. The second-order valence-corrected chi connectivity index (χ2v) is 8.59. The Balaban J connectivity index is 1.76. The molecule has 0 amide bonds. The summed E-state index contributed by atoms with van der Waals surface area (Å²) in [6, 6.07) is 1.70. The minimum absolute atomic E-state index is 0.249. The van der Waals surface area contributed by atoms with Gasteiger partial charge in [0.2, 0.25) is 10.0 Å². The number of hydrogen-bond donors (Lipinski definition) is 0. The molecule has 0 bridgehead atoms. The van der Waals surface area contributed by atoms with Gasteiger partial charge in [-0.05, 0) is 51.9 Å². The molecule has 1 fully saturated rings. The predicted molar refractivity (Wildman–Crippen MR) is 98.0 cm³/mol. The Kier molecular flexibility index (Phi) is 5.41. The molecule has 8 heteroatoms. The van der Waals surface area contributed by atoms with Gasteiger partial charge in [0.15, 0.2) is 5.65 Å². The van der Waals surface area contributed by atoms with E-state index in [4.69, 9.17) is 0 Å². The summed E-state index contributed by atoms with van der Waals surface area (Å²) in [6.45, 7) is 8.00. The molecule has 1 aliphatic heterocycles. The zero-order valence-electron chi connectivity index (χ0n) is 15.3. The Labute approximate surface area is 149 Å². The summed E-state index contributed by atoms with van der Waals surface area (Å²) >= 11 is 0. The van der Waals surface area contributed by atoms with E-state index in [0.29, 0.717) is 18.7 Å². The maximum absolute atomic E-state index is 13.0. The Bertz CT molecular complexity index is 840. The second-order valence-electron chi connectivity index (χ2n) is 6.65. The van der Waals surface area contributed by atoms with Crippen LogP contribution in [0.2, 0.25) is 0 Å². The number of fused-ring (bicyclic) bond motifs is 1. The first kappa shape index (κ1) is 18.3. The summed E-state index contributed by atoms with van der Waals surface area (Å²) in [5, 5.41) is 5.10. The van der Waals surface area contributed by atoms with Crippen molar-refractivity contribution in [2.45, 2.75) is 38.0 Å². The van der Waals surface area contributed by atoms with Crippen molar-refractivity contribution in [2.24, 2.45) is 7.05 Å². The SMILES string of the molecule is CCN(CCCN1CCCC1)S(=O)(=O)c1cnc2c(c1)c(C)nn2C. The van der Waals surface area contributed by atoms with E-state index in [1.165, 1.54) is 19.0 Å². The zero-order chi connectivity index (χ0) is 18.0. The van der Waals surface area contributed by atoms with Crippen LogP contribution in [-0.2, 0) is 17.1 Å². The highest BCUT2D eigenvalue weighted by Gasteiger charge is 2.24. The molecule has 0 spiro atoms. The zero-order valence-corrected chi connectivity index (χ0v) is 16.1. The third-order valence-corrected chi connectivity index (χ3v) is 6.85. The molecular formula is C17H27N5O2S. The lowest BCUT2D eigenvalue weighted by Gasteiger charge is -2.22. The molecule has 0 radical (unpaired) electrons. The van der Waals surface area contributed by atoms with E-state index in [0.717, 1.165) is 37.1 Å². The number of aryl methyl sites for hydroxylation is 2. The molecule has 3 heterocycles. The van der Waals surface area contributed by atoms with Crippen LogP contribution < -0.4 is 0 Å². The van der Waals surface area contributed by atoms with Gasteiger partial charge in [0.1, 0.15) is 4.90 Å². The van der Waals surface area contributed by atoms with Crippen LogP contribution >= 0.6 is 0 Å². The monoisotopic (exact) mass is 365 g/mol. The van der Waals surface area contributed by atoms with Crippen LogP contribution in [0.25, 0.3) is 11.0 Å². The number of hydrogen-bond acceptors (Lipinski definition) is 5. The Hall–Kier alpha value is -1.51. The quantitative estimate of drug-likeness (QED) is 0.748. The fourth-order valence-electron chi connectivity index (χ4n) is 3.50. The number of nitrogens with zero attached hydrogens (tertiary/aromatic N) is 5. The highest BCUT2D eigenvalue weighted by molar-refractivity contribution is 7.89. The number of sulfonamides is 1. The molecule has 0 aromatic carbocycles. The van der Waals surface area contributed by atoms with Crippen LogP contribution in [0, 0.1) is 6.92 Å². The van der Waals surface area contributed by atoms with E-state index in [1.54, 1.807) is 15.1 Å². The Morgan fingerprint density at radius 3 is 2.68 bits per heavy atom. The van der Waals surface area contributed by atoms with Crippen LogP contribution in [0.5, 0.6) is 0 Å². The maximum atomic E-state index is 13.0. The molecule has 0 saturated carbocycles. The minimum atomic E-state index is -3.53. The first-order valence-electron chi connectivity index (χ1n) is 8.95. The molecule has 3 rings (SSSR count). The topological polar surface area (TPSA) is 71.3 Å². The van der Waals surface area contributed by atoms with Crippen molar-refractivity contribution in [1.82, 2.24) is 24.0 Å². The molecule has 7 nitrogen and oxygen atoms in total. The van der Waals surface area contributed by atoms with Gasteiger partial charge in [-0.2, -0.15) is 9.40 Å². The highest BCUT2D eigenvalue weighted by Crippen LogP contribution is 2.22. The highest BCUT2D eigenvalue weighted by atomic mass is 32.2. The molecule has 1 saturated heterocycles. The molecule has 1 aliphatic rings. The van der Waals surface area contributed by atoms with Gasteiger partial charge in [0.25, 0.3) is 0 Å². The van der Waals surface area contributed by atoms with Gasteiger partial charge >= 0.3 is 0 Å². The Morgan fingerprint density at radius 1 is 1.28 bits per heavy atom. The predicted octanol–water partition coefficient (Wildman–Crippen LogP) is 1.77. The second kappa shape index (κ2) is 7.39. The number of likely N-dealkylation sites (tertiary alicyclic amines) is 1. The average Bonchev–Trinajstić information content (AvgIpc) is 3.20. The van der Waals surface area contributed by atoms with Crippen molar-refractivity contribution in [3.05, 3.63) is 18.0 Å².